The molecule has 0 atom stereocenters. The fourth-order valence-corrected chi connectivity index (χ4v) is 4.25. The van der Waals surface area contributed by atoms with Crippen LogP contribution in [0.15, 0.2) is 46.9 Å². The molecule has 3 aromatic rings. The molecular formula is C17H10BrClN2O3S2. The summed E-state index contributed by atoms with van der Waals surface area (Å²) < 4.78 is 1.51. The molecule has 2 aromatic carbocycles. The third-order valence-electron chi connectivity index (χ3n) is 3.43. The van der Waals surface area contributed by atoms with E-state index in [9.17, 15) is 14.7 Å². The largest absolute Gasteiger partial charge is 0.478 e. The van der Waals surface area contributed by atoms with Crippen LogP contribution in [0.5, 0.6) is 0 Å². The molecule has 0 fully saturated rings. The highest BCUT2D eigenvalue weighted by molar-refractivity contribution is 9.10. The molecule has 0 spiro atoms. The van der Waals surface area contributed by atoms with Crippen LogP contribution in [0.3, 0.4) is 0 Å². The first-order valence-corrected chi connectivity index (χ1v) is 9.58. The van der Waals surface area contributed by atoms with Crippen LogP contribution < -0.4 is 10.6 Å². The Labute approximate surface area is 171 Å². The molecule has 0 saturated carbocycles. The second-order valence-corrected chi connectivity index (χ2v) is 7.90. The minimum Gasteiger partial charge on any atom is -0.478 e. The second kappa shape index (κ2) is 7.71. The van der Waals surface area contributed by atoms with E-state index in [1.807, 2.05) is 24.3 Å². The van der Waals surface area contributed by atoms with Crippen molar-refractivity contribution in [2.24, 2.45) is 0 Å². The number of nitrogens with one attached hydrogen (secondary N) is 2. The van der Waals surface area contributed by atoms with Gasteiger partial charge in [-0.05, 0) is 36.5 Å². The summed E-state index contributed by atoms with van der Waals surface area (Å²) in [4.78, 5) is 24.1. The van der Waals surface area contributed by atoms with Gasteiger partial charge in [-0.1, -0.05) is 45.7 Å². The maximum atomic E-state index is 12.5. The van der Waals surface area contributed by atoms with Crippen molar-refractivity contribution < 1.29 is 14.7 Å². The van der Waals surface area contributed by atoms with Crippen LogP contribution in [0.4, 0.5) is 5.69 Å². The predicted molar refractivity (Wildman–Crippen MR) is 112 cm³/mol. The van der Waals surface area contributed by atoms with E-state index in [0.29, 0.717) is 14.4 Å². The Bertz CT molecular complexity index is 1050. The topological polar surface area (TPSA) is 78.4 Å². The number of carboxylic acid groups (broad SMARTS) is 1. The molecule has 1 aromatic heterocycles. The molecule has 0 unspecified atom stereocenters. The van der Waals surface area contributed by atoms with Gasteiger partial charge in [-0.25, -0.2) is 4.79 Å². The Kier molecular flexibility index (Phi) is 5.57. The average molecular weight is 470 g/mol. The normalized spacial score (nSPS) is 10.5. The zero-order valence-electron chi connectivity index (χ0n) is 12.9. The lowest BCUT2D eigenvalue weighted by Gasteiger charge is -2.11. The number of carbonyl (C=O) groups excluding carboxylic acids is 1. The minimum atomic E-state index is -1.12. The summed E-state index contributed by atoms with van der Waals surface area (Å²) in [6.07, 6.45) is 0. The van der Waals surface area contributed by atoms with Gasteiger partial charge in [0.05, 0.1) is 16.3 Å². The minimum absolute atomic E-state index is 0.0201. The third-order valence-corrected chi connectivity index (χ3v) is 5.80. The number of benzene rings is 2. The van der Waals surface area contributed by atoms with Gasteiger partial charge in [0.25, 0.3) is 5.91 Å². The number of aromatic carboxylic acids is 1. The molecule has 3 rings (SSSR count). The van der Waals surface area contributed by atoms with Crippen molar-refractivity contribution in [1.29, 1.82) is 0 Å². The standard InChI is InChI=1S/C17H10BrClN2O3S2/c18-8-5-6-11(10(7-8)16(23)24)20-17(25)21-15(22)14-13(19)9-3-1-2-4-12(9)26-14/h1-7H,(H,23,24)(H2,20,21,22,25). The van der Waals surface area contributed by atoms with Gasteiger partial charge in [-0.3, -0.25) is 10.1 Å². The molecule has 0 bridgehead atoms. The molecular weight excluding hydrogens is 460 g/mol. The van der Waals surface area contributed by atoms with E-state index in [2.05, 4.69) is 26.6 Å². The summed E-state index contributed by atoms with van der Waals surface area (Å²) in [6.45, 7) is 0. The number of fused-ring (bicyclic) bond motifs is 1. The lowest BCUT2D eigenvalue weighted by Crippen LogP contribution is -2.34. The maximum Gasteiger partial charge on any atom is 0.337 e. The van der Waals surface area contributed by atoms with Crippen LogP contribution in [-0.2, 0) is 0 Å². The predicted octanol–water partition coefficient (Wildman–Crippen LogP) is 5.14. The number of amides is 1. The van der Waals surface area contributed by atoms with Gasteiger partial charge >= 0.3 is 5.97 Å². The van der Waals surface area contributed by atoms with Crippen molar-refractivity contribution in [1.82, 2.24) is 5.32 Å². The highest BCUT2D eigenvalue weighted by Gasteiger charge is 2.19. The van der Waals surface area contributed by atoms with Crippen molar-refractivity contribution in [2.45, 2.75) is 0 Å². The van der Waals surface area contributed by atoms with E-state index in [1.165, 1.54) is 17.4 Å². The van der Waals surface area contributed by atoms with Crippen LogP contribution in [-0.4, -0.2) is 22.1 Å². The first-order valence-electron chi connectivity index (χ1n) is 7.19. The van der Waals surface area contributed by atoms with Crippen molar-refractivity contribution in [3.63, 3.8) is 0 Å². The fourth-order valence-electron chi connectivity index (χ4n) is 2.28. The van der Waals surface area contributed by atoms with Crippen LogP contribution >= 0.6 is 51.1 Å². The molecule has 0 aliphatic rings. The zero-order chi connectivity index (χ0) is 18.8. The van der Waals surface area contributed by atoms with Gasteiger partial charge in [0.2, 0.25) is 0 Å². The van der Waals surface area contributed by atoms with E-state index in [0.717, 1.165) is 10.1 Å². The Morgan fingerprint density at radius 2 is 1.92 bits per heavy atom. The molecule has 9 heteroatoms. The Hall–Kier alpha value is -2.00. The van der Waals surface area contributed by atoms with E-state index < -0.39 is 11.9 Å². The highest BCUT2D eigenvalue weighted by atomic mass is 79.9. The van der Waals surface area contributed by atoms with Crippen LogP contribution in [0, 0.1) is 0 Å². The molecule has 26 heavy (non-hydrogen) atoms. The Morgan fingerprint density at radius 3 is 2.62 bits per heavy atom. The molecule has 1 heterocycles. The van der Waals surface area contributed by atoms with Gasteiger partial charge in [0.15, 0.2) is 5.11 Å². The Balaban J connectivity index is 1.79. The lowest BCUT2D eigenvalue weighted by molar-refractivity contribution is 0.0697. The highest BCUT2D eigenvalue weighted by Crippen LogP contribution is 2.35. The first kappa shape index (κ1) is 18.8. The molecule has 5 nitrogen and oxygen atoms in total. The summed E-state index contributed by atoms with van der Waals surface area (Å²) in [7, 11) is 0. The molecule has 3 N–H and O–H groups in total. The smallest absolute Gasteiger partial charge is 0.337 e. The number of anilines is 1. The number of thiophene rings is 1. The summed E-state index contributed by atoms with van der Waals surface area (Å²) in [5.41, 5.74) is 0.296. The number of hydrogen-bond acceptors (Lipinski definition) is 4. The lowest BCUT2D eigenvalue weighted by atomic mass is 10.2. The molecule has 0 saturated heterocycles. The number of carbonyl (C=O) groups is 2. The van der Waals surface area contributed by atoms with E-state index in [-0.39, 0.29) is 16.4 Å². The quantitative estimate of drug-likeness (QED) is 0.463. The first-order chi connectivity index (χ1) is 12.4. The second-order valence-electron chi connectivity index (χ2n) is 5.14. The Morgan fingerprint density at radius 1 is 1.19 bits per heavy atom. The average Bonchev–Trinajstić information content (AvgIpc) is 2.93. The molecule has 0 radical (unpaired) electrons. The summed E-state index contributed by atoms with van der Waals surface area (Å²) in [5, 5.41) is 15.7. The number of halogens is 2. The number of thiocarbonyl (C=S) groups is 1. The van der Waals surface area contributed by atoms with Crippen LogP contribution in [0.25, 0.3) is 10.1 Å². The molecule has 132 valence electrons. The molecule has 0 aliphatic carbocycles. The van der Waals surface area contributed by atoms with Crippen LogP contribution in [0.1, 0.15) is 20.0 Å². The zero-order valence-corrected chi connectivity index (χ0v) is 16.9. The monoisotopic (exact) mass is 468 g/mol. The summed E-state index contributed by atoms with van der Waals surface area (Å²) in [5.74, 6) is -1.57. The van der Waals surface area contributed by atoms with Gasteiger partial charge in [0, 0.05) is 14.6 Å². The summed E-state index contributed by atoms with van der Waals surface area (Å²) >= 11 is 15.9. The third kappa shape index (κ3) is 3.88. The van der Waals surface area contributed by atoms with Gasteiger partial charge < -0.3 is 10.4 Å². The fraction of sp³-hybridized carbons (Fsp3) is 0. The van der Waals surface area contributed by atoms with E-state index in [1.54, 1.807) is 12.1 Å². The van der Waals surface area contributed by atoms with Gasteiger partial charge in [0.1, 0.15) is 4.88 Å². The van der Waals surface area contributed by atoms with Crippen molar-refractivity contribution in [3.05, 3.63) is 62.4 Å². The van der Waals surface area contributed by atoms with Gasteiger partial charge in [-0.2, -0.15) is 0 Å². The van der Waals surface area contributed by atoms with E-state index in [4.69, 9.17) is 23.8 Å². The van der Waals surface area contributed by atoms with Gasteiger partial charge in [-0.15, -0.1) is 11.3 Å². The summed E-state index contributed by atoms with van der Waals surface area (Å²) in [6, 6.07) is 12.1. The number of carboxylic acids is 1. The molecule has 1 amide bonds. The number of rotatable bonds is 3. The van der Waals surface area contributed by atoms with Crippen molar-refractivity contribution in [2.75, 3.05) is 5.32 Å². The van der Waals surface area contributed by atoms with Crippen LogP contribution in [0.2, 0.25) is 5.02 Å². The van der Waals surface area contributed by atoms with E-state index >= 15 is 0 Å². The van der Waals surface area contributed by atoms with Crippen molar-refractivity contribution >= 4 is 83.8 Å². The molecule has 0 aliphatic heterocycles. The maximum absolute atomic E-state index is 12.5. The number of hydrogen-bond donors (Lipinski definition) is 3. The SMILES string of the molecule is O=C(O)c1cc(Br)ccc1NC(=S)NC(=O)c1sc2ccccc2c1Cl. The van der Waals surface area contributed by atoms with Crippen molar-refractivity contribution in [3.8, 4) is 0 Å².